The molecule has 5 heteroatoms. The second kappa shape index (κ2) is 8.62. The third-order valence-corrected chi connectivity index (χ3v) is 3.03. The minimum Gasteiger partial charge on any atom is -0.365 e. The Labute approximate surface area is 126 Å². The third-order valence-electron chi connectivity index (χ3n) is 3.03. The number of halogens is 1. The summed E-state index contributed by atoms with van der Waals surface area (Å²) >= 11 is 0. The van der Waals surface area contributed by atoms with Crippen molar-refractivity contribution in [1.29, 1.82) is 0 Å². The van der Waals surface area contributed by atoms with Gasteiger partial charge in [-0.25, -0.2) is 4.39 Å². The molecule has 1 rings (SSSR count). The Morgan fingerprint density at radius 3 is 2.71 bits per heavy atom. The Morgan fingerprint density at radius 2 is 2.10 bits per heavy atom. The highest BCUT2D eigenvalue weighted by atomic mass is 19.1. The first-order valence-corrected chi connectivity index (χ1v) is 7.43. The topological polar surface area (TPSA) is 44.4 Å². The molecule has 0 spiro atoms. The van der Waals surface area contributed by atoms with Crippen LogP contribution in [0.5, 0.6) is 0 Å². The van der Waals surface area contributed by atoms with Gasteiger partial charge in [0.2, 0.25) is 5.91 Å². The van der Waals surface area contributed by atoms with Gasteiger partial charge >= 0.3 is 0 Å². The fourth-order valence-corrected chi connectivity index (χ4v) is 2.14. The molecule has 0 aliphatic heterocycles. The van der Waals surface area contributed by atoms with Crippen LogP contribution in [-0.2, 0) is 11.3 Å². The molecule has 0 heterocycles. The number of anilines is 1. The SMILES string of the molecule is CCCNCc1cc(F)ccc1N(C)CC(=O)NC(C)C. The van der Waals surface area contributed by atoms with Crippen molar-refractivity contribution in [2.24, 2.45) is 0 Å². The van der Waals surface area contributed by atoms with E-state index in [9.17, 15) is 9.18 Å². The lowest BCUT2D eigenvalue weighted by Gasteiger charge is -2.23. The Bertz CT molecular complexity index is 463. The number of carbonyl (C=O) groups excluding carboxylic acids is 1. The molecule has 0 unspecified atom stereocenters. The smallest absolute Gasteiger partial charge is 0.239 e. The van der Waals surface area contributed by atoms with E-state index in [4.69, 9.17) is 0 Å². The van der Waals surface area contributed by atoms with Crippen molar-refractivity contribution in [3.8, 4) is 0 Å². The number of nitrogens with zero attached hydrogens (tertiary/aromatic N) is 1. The van der Waals surface area contributed by atoms with Gasteiger partial charge in [-0.15, -0.1) is 0 Å². The highest BCUT2D eigenvalue weighted by Crippen LogP contribution is 2.20. The summed E-state index contributed by atoms with van der Waals surface area (Å²) in [7, 11) is 1.84. The monoisotopic (exact) mass is 295 g/mol. The van der Waals surface area contributed by atoms with Crippen molar-refractivity contribution in [3.05, 3.63) is 29.6 Å². The summed E-state index contributed by atoms with van der Waals surface area (Å²) in [5, 5.41) is 6.12. The fraction of sp³-hybridized carbons (Fsp3) is 0.562. The molecule has 1 aromatic carbocycles. The Hall–Kier alpha value is -1.62. The molecule has 21 heavy (non-hydrogen) atoms. The Balaban J connectivity index is 2.77. The van der Waals surface area contributed by atoms with E-state index < -0.39 is 0 Å². The number of likely N-dealkylation sites (N-methyl/N-ethyl adjacent to an activating group) is 1. The molecule has 118 valence electrons. The van der Waals surface area contributed by atoms with Crippen LogP contribution in [0.15, 0.2) is 18.2 Å². The molecule has 0 saturated carbocycles. The van der Waals surface area contributed by atoms with Gasteiger partial charge in [-0.05, 0) is 50.6 Å². The average Bonchev–Trinajstić information content (AvgIpc) is 2.37. The zero-order valence-electron chi connectivity index (χ0n) is 13.4. The second-order valence-corrected chi connectivity index (χ2v) is 5.53. The fourth-order valence-electron chi connectivity index (χ4n) is 2.14. The first-order valence-electron chi connectivity index (χ1n) is 7.43. The van der Waals surface area contributed by atoms with Crippen LogP contribution >= 0.6 is 0 Å². The number of amides is 1. The van der Waals surface area contributed by atoms with Gasteiger partial charge in [-0.2, -0.15) is 0 Å². The summed E-state index contributed by atoms with van der Waals surface area (Å²) in [5.41, 5.74) is 1.74. The molecule has 0 aliphatic rings. The number of carbonyl (C=O) groups is 1. The molecule has 1 aromatic rings. The minimum absolute atomic E-state index is 0.0377. The van der Waals surface area contributed by atoms with Crippen molar-refractivity contribution in [2.45, 2.75) is 39.8 Å². The summed E-state index contributed by atoms with van der Waals surface area (Å²) in [6.45, 7) is 7.67. The normalized spacial score (nSPS) is 10.8. The molecule has 0 atom stereocenters. The maximum atomic E-state index is 13.4. The molecule has 2 N–H and O–H groups in total. The zero-order valence-corrected chi connectivity index (χ0v) is 13.4. The molecule has 4 nitrogen and oxygen atoms in total. The summed E-state index contributed by atoms with van der Waals surface area (Å²) in [6, 6.07) is 4.79. The predicted octanol–water partition coefficient (Wildman–Crippen LogP) is 2.29. The molecular formula is C16H26FN3O. The molecule has 1 amide bonds. The van der Waals surface area contributed by atoms with Gasteiger partial charge in [0, 0.05) is 25.3 Å². The van der Waals surface area contributed by atoms with Gasteiger partial charge in [0.05, 0.1) is 6.54 Å². The van der Waals surface area contributed by atoms with Crippen LogP contribution in [0.3, 0.4) is 0 Å². The van der Waals surface area contributed by atoms with E-state index in [2.05, 4.69) is 17.6 Å². The van der Waals surface area contributed by atoms with Gasteiger partial charge in [0.15, 0.2) is 0 Å². The largest absolute Gasteiger partial charge is 0.365 e. The second-order valence-electron chi connectivity index (χ2n) is 5.53. The lowest BCUT2D eigenvalue weighted by atomic mass is 10.1. The predicted molar refractivity (Wildman–Crippen MR) is 84.9 cm³/mol. The van der Waals surface area contributed by atoms with Gasteiger partial charge in [0.1, 0.15) is 5.82 Å². The summed E-state index contributed by atoms with van der Waals surface area (Å²) in [6.07, 6.45) is 1.03. The summed E-state index contributed by atoms with van der Waals surface area (Å²) in [5.74, 6) is -0.295. The summed E-state index contributed by atoms with van der Waals surface area (Å²) < 4.78 is 13.4. The molecule has 0 fully saturated rings. The zero-order chi connectivity index (χ0) is 15.8. The highest BCUT2D eigenvalue weighted by Gasteiger charge is 2.12. The van der Waals surface area contributed by atoms with Crippen LogP contribution in [0.4, 0.5) is 10.1 Å². The van der Waals surface area contributed by atoms with Gasteiger partial charge in [0.25, 0.3) is 0 Å². The third kappa shape index (κ3) is 6.12. The molecule has 0 aliphatic carbocycles. The quantitative estimate of drug-likeness (QED) is 0.723. The van der Waals surface area contributed by atoms with Crippen molar-refractivity contribution >= 4 is 11.6 Å². The van der Waals surface area contributed by atoms with Crippen molar-refractivity contribution in [2.75, 3.05) is 25.0 Å². The summed E-state index contributed by atoms with van der Waals surface area (Å²) in [4.78, 5) is 13.7. The Morgan fingerprint density at radius 1 is 1.38 bits per heavy atom. The number of hydrogen-bond acceptors (Lipinski definition) is 3. The molecule has 0 radical (unpaired) electrons. The van der Waals surface area contributed by atoms with Gasteiger partial charge in [-0.1, -0.05) is 6.92 Å². The van der Waals surface area contributed by atoms with Crippen LogP contribution in [0.25, 0.3) is 0 Å². The molecule has 0 bridgehead atoms. The number of nitrogens with one attached hydrogen (secondary N) is 2. The van der Waals surface area contributed by atoms with E-state index in [1.807, 2.05) is 25.8 Å². The number of rotatable bonds is 8. The van der Waals surface area contributed by atoms with Crippen molar-refractivity contribution in [3.63, 3.8) is 0 Å². The number of benzene rings is 1. The van der Waals surface area contributed by atoms with Gasteiger partial charge < -0.3 is 15.5 Å². The molecule has 0 aromatic heterocycles. The maximum absolute atomic E-state index is 13.4. The average molecular weight is 295 g/mol. The van der Waals surface area contributed by atoms with Crippen LogP contribution < -0.4 is 15.5 Å². The maximum Gasteiger partial charge on any atom is 0.239 e. The van der Waals surface area contributed by atoms with Crippen LogP contribution in [0, 0.1) is 5.82 Å². The lowest BCUT2D eigenvalue weighted by Crippen LogP contribution is -2.39. The van der Waals surface area contributed by atoms with Crippen LogP contribution in [-0.4, -0.2) is 32.1 Å². The first kappa shape index (κ1) is 17.4. The first-order chi connectivity index (χ1) is 9.93. The molecule has 0 saturated heterocycles. The van der Waals surface area contributed by atoms with Gasteiger partial charge in [-0.3, -0.25) is 4.79 Å². The van der Waals surface area contributed by atoms with E-state index in [0.717, 1.165) is 24.2 Å². The number of hydrogen-bond donors (Lipinski definition) is 2. The minimum atomic E-state index is -0.257. The standard InChI is InChI=1S/C16H26FN3O/c1-5-8-18-10-13-9-14(17)6-7-15(13)20(4)11-16(21)19-12(2)3/h6-7,9,12,18H,5,8,10-11H2,1-4H3,(H,19,21). The van der Waals surface area contributed by atoms with Crippen LogP contribution in [0.2, 0.25) is 0 Å². The van der Waals surface area contributed by atoms with E-state index in [1.54, 1.807) is 6.07 Å². The van der Waals surface area contributed by atoms with E-state index >= 15 is 0 Å². The van der Waals surface area contributed by atoms with Crippen molar-refractivity contribution in [1.82, 2.24) is 10.6 Å². The van der Waals surface area contributed by atoms with E-state index in [0.29, 0.717) is 6.54 Å². The highest BCUT2D eigenvalue weighted by molar-refractivity contribution is 5.81. The lowest BCUT2D eigenvalue weighted by molar-refractivity contribution is -0.120. The molecular weight excluding hydrogens is 269 g/mol. The van der Waals surface area contributed by atoms with Crippen LogP contribution in [0.1, 0.15) is 32.8 Å². The van der Waals surface area contributed by atoms with Crippen molar-refractivity contribution < 1.29 is 9.18 Å². The van der Waals surface area contributed by atoms with E-state index in [1.165, 1.54) is 12.1 Å². The van der Waals surface area contributed by atoms with E-state index in [-0.39, 0.29) is 24.3 Å². The Kier molecular flexibility index (Phi) is 7.15.